The van der Waals surface area contributed by atoms with Crippen molar-refractivity contribution in [1.29, 1.82) is 10.5 Å². The lowest BCUT2D eigenvalue weighted by atomic mass is 9.82. The molecule has 0 aliphatic heterocycles. The summed E-state index contributed by atoms with van der Waals surface area (Å²) in [5.41, 5.74) is 14.5. The molecule has 0 unspecified atom stereocenters. The van der Waals surface area contributed by atoms with Crippen LogP contribution in [0.2, 0.25) is 0 Å². The van der Waals surface area contributed by atoms with E-state index in [4.69, 9.17) is 0 Å². The molecule has 0 saturated carbocycles. The monoisotopic (exact) mass is 886 g/mol. The second kappa shape index (κ2) is 14.3. The molecule has 11 aromatic carbocycles. The average Bonchev–Trinajstić information content (AvgIpc) is 3.96. The minimum absolute atomic E-state index is 0.664. The van der Waals surface area contributed by atoms with Crippen molar-refractivity contribution in [3.63, 3.8) is 0 Å². The van der Waals surface area contributed by atoms with Crippen molar-refractivity contribution in [2.75, 3.05) is 0 Å². The second-order valence-electron chi connectivity index (χ2n) is 18.2. The van der Waals surface area contributed by atoms with Gasteiger partial charge in [-0.1, -0.05) is 121 Å². The van der Waals surface area contributed by atoms with Crippen molar-refractivity contribution < 1.29 is 0 Å². The number of nitriles is 2. The molecule has 0 aliphatic carbocycles. The summed E-state index contributed by atoms with van der Waals surface area (Å²) in [5, 5.41) is 36.2. The van der Waals surface area contributed by atoms with Crippen molar-refractivity contribution >= 4 is 97.5 Å². The van der Waals surface area contributed by atoms with Crippen LogP contribution in [0, 0.1) is 22.7 Å². The second-order valence-corrected chi connectivity index (χ2v) is 18.2. The number of benzene rings is 11. The van der Waals surface area contributed by atoms with E-state index in [1.165, 1.54) is 49.0 Å². The van der Waals surface area contributed by atoms with E-state index in [1.807, 2.05) is 36.7 Å². The van der Waals surface area contributed by atoms with Gasteiger partial charge in [0.25, 0.3) is 0 Å². The lowest BCUT2D eigenvalue weighted by Crippen LogP contribution is -1.95. The maximum atomic E-state index is 10.3. The van der Waals surface area contributed by atoms with E-state index in [0.29, 0.717) is 11.1 Å². The van der Waals surface area contributed by atoms with Gasteiger partial charge < -0.3 is 9.13 Å². The lowest BCUT2D eigenvalue weighted by Gasteiger charge is -2.21. The molecule has 0 spiro atoms. The van der Waals surface area contributed by atoms with Crippen molar-refractivity contribution in [2.24, 2.45) is 0 Å². The van der Waals surface area contributed by atoms with Gasteiger partial charge in [0.05, 0.1) is 69.1 Å². The van der Waals surface area contributed by atoms with Gasteiger partial charge in [-0.25, -0.2) is 0 Å². The smallest absolute Gasteiger partial charge is 0.0998 e. The fourth-order valence-corrected chi connectivity index (χ4v) is 12.2. The molecule has 0 N–H and O–H groups in total. The number of fused-ring (bicyclic) bond motifs is 3. The van der Waals surface area contributed by atoms with E-state index < -0.39 is 0 Å². The molecule has 0 amide bonds. The van der Waals surface area contributed by atoms with E-state index in [2.05, 4.69) is 189 Å². The zero-order valence-corrected chi connectivity index (χ0v) is 37.3. The highest BCUT2D eigenvalue weighted by molar-refractivity contribution is 6.32. The van der Waals surface area contributed by atoms with Gasteiger partial charge in [0.2, 0.25) is 0 Å². The van der Waals surface area contributed by atoms with Crippen LogP contribution < -0.4 is 0 Å². The zero-order chi connectivity index (χ0) is 46.2. The number of nitrogens with zero attached hydrogens (tertiary/aromatic N) is 6. The van der Waals surface area contributed by atoms with Crippen molar-refractivity contribution in [2.45, 2.75) is 0 Å². The standard InChI is InChI=1S/C64H34N6/c65-33-37-17-27-55-61-41(37)19-22-52-46(25-29-57(63(52)61)69(55)39-9-7-31-67-35-39)45-21-24-51(44-12-2-1-11-43(44)45)59-47-13-3-5-15-49(47)60(50-16-6-4-14-48(50)59)53-26-30-58-64-54(53)23-20-42-38(34-66)18-28-56(62(42)64)70(58)40-10-8-32-68-36-40/h1-32,35-36H. The van der Waals surface area contributed by atoms with E-state index in [0.717, 1.165) is 93.2 Å². The predicted molar refractivity (Wildman–Crippen MR) is 286 cm³/mol. The minimum Gasteiger partial charge on any atom is -0.308 e. The summed E-state index contributed by atoms with van der Waals surface area (Å²) in [6, 6.07) is 70.0. The summed E-state index contributed by atoms with van der Waals surface area (Å²) in [4.78, 5) is 8.98. The van der Waals surface area contributed by atoms with Gasteiger partial charge in [0, 0.05) is 44.7 Å². The number of pyridine rings is 2. The Balaban J connectivity index is 0.980. The first-order chi connectivity index (χ1) is 34.7. The summed E-state index contributed by atoms with van der Waals surface area (Å²) in [7, 11) is 0. The van der Waals surface area contributed by atoms with E-state index in [1.54, 1.807) is 12.4 Å². The number of rotatable bonds is 5. The highest BCUT2D eigenvalue weighted by Gasteiger charge is 2.26. The fourth-order valence-electron chi connectivity index (χ4n) is 12.2. The van der Waals surface area contributed by atoms with Gasteiger partial charge in [0.15, 0.2) is 0 Å². The molecule has 15 rings (SSSR count). The van der Waals surface area contributed by atoms with Crippen molar-refractivity contribution in [1.82, 2.24) is 19.1 Å². The molecule has 6 nitrogen and oxygen atoms in total. The average molecular weight is 887 g/mol. The summed E-state index contributed by atoms with van der Waals surface area (Å²) in [6.45, 7) is 0. The fraction of sp³-hybridized carbons (Fsp3) is 0. The van der Waals surface area contributed by atoms with Crippen LogP contribution in [0.5, 0.6) is 0 Å². The van der Waals surface area contributed by atoms with E-state index >= 15 is 0 Å². The van der Waals surface area contributed by atoms with Gasteiger partial charge >= 0.3 is 0 Å². The molecule has 0 aliphatic rings. The third-order valence-corrected chi connectivity index (χ3v) is 14.9. The van der Waals surface area contributed by atoms with Gasteiger partial charge in [0.1, 0.15) is 0 Å². The third-order valence-electron chi connectivity index (χ3n) is 14.9. The summed E-state index contributed by atoms with van der Waals surface area (Å²) in [5.74, 6) is 0. The Kier molecular flexibility index (Phi) is 7.82. The summed E-state index contributed by atoms with van der Waals surface area (Å²) in [6.07, 6.45) is 7.41. The Morgan fingerprint density at radius 2 is 0.643 bits per heavy atom. The molecule has 6 heteroatoms. The molecule has 0 fully saturated rings. The zero-order valence-electron chi connectivity index (χ0n) is 37.3. The molecular weight excluding hydrogens is 853 g/mol. The first-order valence-electron chi connectivity index (χ1n) is 23.4. The molecule has 0 atom stereocenters. The van der Waals surface area contributed by atoms with Crippen LogP contribution in [-0.2, 0) is 0 Å². The maximum Gasteiger partial charge on any atom is 0.0998 e. The van der Waals surface area contributed by atoms with Gasteiger partial charge in [-0.2, -0.15) is 10.5 Å². The normalized spacial score (nSPS) is 12.0. The predicted octanol–water partition coefficient (Wildman–Crippen LogP) is 16.1. The number of hydrogen-bond donors (Lipinski definition) is 0. The maximum absolute atomic E-state index is 10.3. The molecule has 320 valence electrons. The van der Waals surface area contributed by atoms with Gasteiger partial charge in [-0.3, -0.25) is 9.97 Å². The third kappa shape index (κ3) is 5.03. The van der Waals surface area contributed by atoms with Crippen molar-refractivity contribution in [3.05, 3.63) is 218 Å². The van der Waals surface area contributed by atoms with Crippen LogP contribution in [-0.4, -0.2) is 19.1 Å². The number of hydrogen-bond acceptors (Lipinski definition) is 4. The Hall–Kier alpha value is -9.88. The van der Waals surface area contributed by atoms with Crippen LogP contribution in [0.1, 0.15) is 11.1 Å². The van der Waals surface area contributed by atoms with Crippen LogP contribution in [0.15, 0.2) is 207 Å². The molecule has 0 bridgehead atoms. The van der Waals surface area contributed by atoms with Crippen LogP contribution in [0.25, 0.3) is 142 Å². The SMILES string of the molecule is N#Cc1ccc2c3c1ccc1c(-c4ccc(-c5c6ccccc6c(-c6ccc7c8c6ccc6c(C#N)ccc(c68)n7-c6cccnc6)c6ccccc56)c5ccccc45)ccc(c13)n2-c1cccnc1. The van der Waals surface area contributed by atoms with Crippen LogP contribution in [0.3, 0.4) is 0 Å². The Morgan fingerprint density at radius 1 is 0.300 bits per heavy atom. The largest absolute Gasteiger partial charge is 0.308 e. The Labute approximate surface area is 400 Å². The first kappa shape index (κ1) is 38.2. The Morgan fingerprint density at radius 3 is 1.10 bits per heavy atom. The lowest BCUT2D eigenvalue weighted by molar-refractivity contribution is 1.14. The highest BCUT2D eigenvalue weighted by atomic mass is 15.0. The quantitative estimate of drug-likeness (QED) is 0.127. The molecule has 4 aromatic heterocycles. The topological polar surface area (TPSA) is 83.2 Å². The summed E-state index contributed by atoms with van der Waals surface area (Å²) >= 11 is 0. The van der Waals surface area contributed by atoms with Crippen LogP contribution in [0.4, 0.5) is 0 Å². The summed E-state index contributed by atoms with van der Waals surface area (Å²) < 4.78 is 4.55. The molecular formula is C64H34N6. The first-order valence-corrected chi connectivity index (χ1v) is 23.4. The highest BCUT2D eigenvalue weighted by Crippen LogP contribution is 2.51. The van der Waals surface area contributed by atoms with E-state index in [9.17, 15) is 10.5 Å². The van der Waals surface area contributed by atoms with Crippen LogP contribution >= 0.6 is 0 Å². The molecule has 15 aromatic rings. The van der Waals surface area contributed by atoms with Gasteiger partial charge in [-0.05, 0) is 137 Å². The number of aromatic nitrogens is 4. The molecule has 70 heavy (non-hydrogen) atoms. The molecule has 0 radical (unpaired) electrons. The van der Waals surface area contributed by atoms with Crippen molar-refractivity contribution in [3.8, 4) is 56.9 Å². The molecule has 0 saturated heterocycles. The minimum atomic E-state index is 0.664. The Bertz CT molecular complexity index is 4720. The molecule has 4 heterocycles. The van der Waals surface area contributed by atoms with Gasteiger partial charge in [-0.15, -0.1) is 0 Å². The van der Waals surface area contributed by atoms with E-state index in [-0.39, 0.29) is 0 Å².